The van der Waals surface area contributed by atoms with Gasteiger partial charge in [0.1, 0.15) is 30.6 Å². The number of hydrogen-bond acceptors (Lipinski definition) is 4. The van der Waals surface area contributed by atoms with Crippen molar-refractivity contribution in [2.45, 2.75) is 26.0 Å². The fraction of sp³-hybridized carbons (Fsp3) is 0.273. The van der Waals surface area contributed by atoms with Crippen LogP contribution in [0.5, 0.6) is 5.75 Å². The molecule has 0 aliphatic rings. The molecule has 0 saturated carbocycles. The summed E-state index contributed by atoms with van der Waals surface area (Å²) in [7, 11) is 0. The van der Waals surface area contributed by atoms with Crippen molar-refractivity contribution in [3.63, 3.8) is 0 Å². The first-order valence-electron chi connectivity index (χ1n) is 8.90. The molecule has 0 aliphatic carbocycles. The van der Waals surface area contributed by atoms with E-state index in [4.69, 9.17) is 4.74 Å². The number of aliphatic hydroxyl groups is 1. The predicted octanol–water partition coefficient (Wildman–Crippen LogP) is 3.97. The Bertz CT molecular complexity index is 858. The Labute approximate surface area is 160 Å². The van der Waals surface area contributed by atoms with Crippen molar-refractivity contribution in [2.75, 3.05) is 6.61 Å². The van der Waals surface area contributed by atoms with E-state index in [0.717, 1.165) is 11.1 Å². The summed E-state index contributed by atoms with van der Waals surface area (Å²) >= 11 is 0. The van der Waals surface area contributed by atoms with E-state index in [9.17, 15) is 5.11 Å². The van der Waals surface area contributed by atoms with Crippen LogP contribution in [0.4, 0.5) is 0 Å². The van der Waals surface area contributed by atoms with Crippen LogP contribution in [-0.2, 0) is 6.54 Å². The number of nitrogens with zero attached hydrogens (tertiary/aromatic N) is 3. The van der Waals surface area contributed by atoms with Crippen LogP contribution in [0, 0.1) is 5.41 Å². The summed E-state index contributed by atoms with van der Waals surface area (Å²) in [6, 6.07) is 18.0. The molecule has 0 bridgehead atoms. The van der Waals surface area contributed by atoms with Crippen molar-refractivity contribution in [1.82, 2.24) is 14.8 Å². The molecule has 0 fully saturated rings. The van der Waals surface area contributed by atoms with Crippen LogP contribution < -0.4 is 4.74 Å². The monoisotopic (exact) mass is 363 g/mol. The fourth-order valence-electron chi connectivity index (χ4n) is 2.81. The van der Waals surface area contributed by atoms with E-state index in [2.05, 4.69) is 28.9 Å². The molecule has 0 amide bonds. The molecule has 3 rings (SSSR count). The Balaban J connectivity index is 1.74. The van der Waals surface area contributed by atoms with Gasteiger partial charge in [0, 0.05) is 5.41 Å². The van der Waals surface area contributed by atoms with Crippen LogP contribution in [0.2, 0.25) is 0 Å². The maximum absolute atomic E-state index is 11.3. The first-order chi connectivity index (χ1) is 12.9. The lowest BCUT2D eigenvalue weighted by molar-refractivity contribution is -0.0867. The largest absolute Gasteiger partial charge is 0.490 e. The van der Waals surface area contributed by atoms with E-state index in [1.165, 1.54) is 0 Å². The lowest BCUT2D eigenvalue weighted by Crippen LogP contribution is -2.51. The van der Waals surface area contributed by atoms with E-state index >= 15 is 0 Å². The minimum Gasteiger partial charge on any atom is -0.490 e. The highest BCUT2D eigenvalue weighted by Gasteiger charge is 2.42. The van der Waals surface area contributed by atoms with E-state index in [0.29, 0.717) is 12.3 Å². The SMILES string of the molecule is C=CC(C)(C)C(O)(COc1ccc(-c2ccccc2)cc1)Cn1cnnc1. The van der Waals surface area contributed by atoms with Crippen LogP contribution in [0.1, 0.15) is 13.8 Å². The number of ether oxygens (including phenoxy) is 1. The van der Waals surface area contributed by atoms with E-state index in [1.807, 2.05) is 56.3 Å². The fourth-order valence-corrected chi connectivity index (χ4v) is 2.81. The van der Waals surface area contributed by atoms with Gasteiger partial charge in [0.25, 0.3) is 0 Å². The number of benzene rings is 2. The Morgan fingerprint density at radius 1 is 1.00 bits per heavy atom. The third kappa shape index (κ3) is 4.26. The summed E-state index contributed by atoms with van der Waals surface area (Å²) in [5.41, 5.74) is 0.534. The van der Waals surface area contributed by atoms with E-state index in [1.54, 1.807) is 23.3 Å². The normalized spacial score (nSPS) is 13.7. The quantitative estimate of drug-likeness (QED) is 0.615. The summed E-state index contributed by atoms with van der Waals surface area (Å²) < 4.78 is 7.69. The Morgan fingerprint density at radius 2 is 1.59 bits per heavy atom. The first-order valence-corrected chi connectivity index (χ1v) is 8.90. The third-order valence-corrected chi connectivity index (χ3v) is 5.06. The second kappa shape index (κ2) is 7.76. The Morgan fingerprint density at radius 3 is 2.19 bits per heavy atom. The molecule has 140 valence electrons. The minimum absolute atomic E-state index is 0.120. The molecule has 1 N–H and O–H groups in total. The number of rotatable bonds is 8. The molecule has 0 aliphatic heterocycles. The van der Waals surface area contributed by atoms with Crippen molar-refractivity contribution in [1.29, 1.82) is 0 Å². The smallest absolute Gasteiger partial charge is 0.125 e. The molecular weight excluding hydrogens is 338 g/mol. The minimum atomic E-state index is -1.17. The molecule has 2 aromatic carbocycles. The number of aromatic nitrogens is 3. The topological polar surface area (TPSA) is 60.2 Å². The van der Waals surface area contributed by atoms with E-state index in [-0.39, 0.29) is 6.61 Å². The third-order valence-electron chi connectivity index (χ3n) is 5.06. The predicted molar refractivity (Wildman–Crippen MR) is 106 cm³/mol. The summed E-state index contributed by atoms with van der Waals surface area (Å²) in [6.45, 7) is 8.17. The van der Waals surface area contributed by atoms with Crippen molar-refractivity contribution < 1.29 is 9.84 Å². The van der Waals surface area contributed by atoms with Crippen molar-refractivity contribution >= 4 is 0 Å². The molecule has 1 aromatic heterocycles. The van der Waals surface area contributed by atoms with Crippen molar-refractivity contribution in [3.8, 4) is 16.9 Å². The first kappa shape index (κ1) is 18.9. The molecule has 27 heavy (non-hydrogen) atoms. The number of hydrogen-bond donors (Lipinski definition) is 1. The van der Waals surface area contributed by atoms with Gasteiger partial charge in [0.2, 0.25) is 0 Å². The second-order valence-electron chi connectivity index (χ2n) is 7.27. The maximum atomic E-state index is 11.3. The van der Waals surface area contributed by atoms with Crippen LogP contribution in [0.25, 0.3) is 11.1 Å². The van der Waals surface area contributed by atoms with Crippen molar-refractivity contribution in [3.05, 3.63) is 79.9 Å². The molecule has 5 nitrogen and oxygen atoms in total. The van der Waals surface area contributed by atoms with E-state index < -0.39 is 11.0 Å². The Hall–Kier alpha value is -2.92. The molecule has 1 heterocycles. The van der Waals surface area contributed by atoms with Crippen molar-refractivity contribution in [2.24, 2.45) is 5.41 Å². The van der Waals surface area contributed by atoms with Crippen LogP contribution >= 0.6 is 0 Å². The van der Waals surface area contributed by atoms with Gasteiger partial charge in [-0.15, -0.1) is 16.8 Å². The standard InChI is InChI=1S/C22H25N3O2/c1-4-21(2,3)22(26,14-25-16-23-24-17-25)15-27-20-12-10-19(11-13-20)18-8-6-5-7-9-18/h4-13,16-17,26H,1,14-15H2,2-3H3. The van der Waals surface area contributed by atoms with Gasteiger partial charge in [0.05, 0.1) is 6.54 Å². The molecule has 1 unspecified atom stereocenters. The second-order valence-corrected chi connectivity index (χ2v) is 7.27. The van der Waals surface area contributed by atoms with Crippen LogP contribution in [0.3, 0.4) is 0 Å². The zero-order valence-electron chi connectivity index (χ0n) is 15.7. The van der Waals surface area contributed by atoms with Gasteiger partial charge in [0.15, 0.2) is 0 Å². The van der Waals surface area contributed by atoms with Gasteiger partial charge in [-0.1, -0.05) is 62.4 Å². The maximum Gasteiger partial charge on any atom is 0.125 e. The van der Waals surface area contributed by atoms with Gasteiger partial charge in [-0.2, -0.15) is 0 Å². The van der Waals surface area contributed by atoms with Crippen LogP contribution in [0.15, 0.2) is 79.9 Å². The van der Waals surface area contributed by atoms with Gasteiger partial charge in [-0.25, -0.2) is 0 Å². The molecule has 0 spiro atoms. The van der Waals surface area contributed by atoms with Gasteiger partial charge < -0.3 is 14.4 Å². The highest BCUT2D eigenvalue weighted by atomic mass is 16.5. The summed E-state index contributed by atoms with van der Waals surface area (Å²) in [4.78, 5) is 0. The average Bonchev–Trinajstić information content (AvgIpc) is 3.20. The summed E-state index contributed by atoms with van der Waals surface area (Å²) in [5, 5.41) is 18.9. The molecule has 5 heteroatoms. The molecule has 0 saturated heterocycles. The van der Waals surface area contributed by atoms with Gasteiger partial charge >= 0.3 is 0 Å². The lowest BCUT2D eigenvalue weighted by Gasteiger charge is -2.40. The Kier molecular flexibility index (Phi) is 5.42. The van der Waals surface area contributed by atoms with Gasteiger partial charge in [-0.05, 0) is 23.3 Å². The zero-order valence-corrected chi connectivity index (χ0v) is 15.7. The average molecular weight is 363 g/mol. The summed E-state index contributed by atoms with van der Waals surface area (Å²) in [5.74, 6) is 0.705. The lowest BCUT2D eigenvalue weighted by atomic mass is 9.75. The summed E-state index contributed by atoms with van der Waals surface area (Å²) in [6.07, 6.45) is 4.91. The molecular formula is C22H25N3O2. The zero-order chi connectivity index (χ0) is 19.3. The van der Waals surface area contributed by atoms with Gasteiger partial charge in [-0.3, -0.25) is 0 Å². The molecule has 1 atom stereocenters. The molecule has 3 aromatic rings. The highest BCUT2D eigenvalue weighted by molar-refractivity contribution is 5.63. The molecule has 0 radical (unpaired) electrons. The highest BCUT2D eigenvalue weighted by Crippen LogP contribution is 2.34. The van der Waals surface area contributed by atoms with Crippen LogP contribution in [-0.4, -0.2) is 32.1 Å².